The summed E-state index contributed by atoms with van der Waals surface area (Å²) in [5.74, 6) is 0.362. The second-order valence-corrected chi connectivity index (χ2v) is 4.52. The van der Waals surface area contributed by atoms with Gasteiger partial charge in [-0.05, 0) is 41.3 Å². The molecule has 1 aromatic carbocycles. The summed E-state index contributed by atoms with van der Waals surface area (Å²) in [6.07, 6.45) is 0. The van der Waals surface area contributed by atoms with E-state index in [9.17, 15) is 9.59 Å². The van der Waals surface area contributed by atoms with Crippen LogP contribution in [-0.4, -0.2) is 5.24 Å². The van der Waals surface area contributed by atoms with Crippen molar-refractivity contribution in [3.8, 4) is 0 Å². The molecular formula is C13H11ClO3. The molecule has 0 N–H and O–H groups in total. The van der Waals surface area contributed by atoms with Gasteiger partial charge < -0.3 is 4.42 Å². The summed E-state index contributed by atoms with van der Waals surface area (Å²) in [6, 6.07) is 7.00. The van der Waals surface area contributed by atoms with Crippen molar-refractivity contribution in [2.45, 2.75) is 19.8 Å². The third kappa shape index (κ3) is 2.24. The Morgan fingerprint density at radius 2 is 2.00 bits per heavy atom. The van der Waals surface area contributed by atoms with Crippen LogP contribution in [0.3, 0.4) is 0 Å². The molecule has 0 bridgehead atoms. The molecule has 0 saturated heterocycles. The molecule has 0 atom stereocenters. The lowest BCUT2D eigenvalue weighted by molar-refractivity contribution is 0.107. The molecule has 2 aromatic rings. The lowest BCUT2D eigenvalue weighted by Crippen LogP contribution is -2.09. The minimum absolute atomic E-state index is 0.125. The number of halogens is 1. The quantitative estimate of drug-likeness (QED) is 0.607. The molecule has 1 aromatic heterocycles. The zero-order valence-electron chi connectivity index (χ0n) is 9.49. The van der Waals surface area contributed by atoms with Gasteiger partial charge in [0.1, 0.15) is 11.1 Å². The van der Waals surface area contributed by atoms with Gasteiger partial charge in [-0.1, -0.05) is 19.9 Å². The SMILES string of the molecule is CC(C)c1ccc2oc(=O)c(C(=O)Cl)cc2c1. The van der Waals surface area contributed by atoms with Crippen molar-refractivity contribution in [2.24, 2.45) is 0 Å². The summed E-state index contributed by atoms with van der Waals surface area (Å²) < 4.78 is 5.03. The summed E-state index contributed by atoms with van der Waals surface area (Å²) in [5, 5.41) is -0.0876. The topological polar surface area (TPSA) is 47.3 Å². The second kappa shape index (κ2) is 4.34. The van der Waals surface area contributed by atoms with Gasteiger partial charge in [0.2, 0.25) is 0 Å². The van der Waals surface area contributed by atoms with Crippen LogP contribution in [0.1, 0.15) is 35.7 Å². The summed E-state index contributed by atoms with van der Waals surface area (Å²) in [6.45, 7) is 4.13. The second-order valence-electron chi connectivity index (χ2n) is 4.17. The average molecular weight is 251 g/mol. The van der Waals surface area contributed by atoms with Gasteiger partial charge in [-0.3, -0.25) is 4.79 Å². The van der Waals surface area contributed by atoms with Crippen LogP contribution in [0.15, 0.2) is 33.5 Å². The van der Waals surface area contributed by atoms with E-state index >= 15 is 0 Å². The fraction of sp³-hybridized carbons (Fsp3) is 0.231. The maximum absolute atomic E-state index is 11.4. The number of carbonyl (C=O) groups is 1. The Labute approximate surface area is 103 Å². The molecule has 17 heavy (non-hydrogen) atoms. The van der Waals surface area contributed by atoms with Gasteiger partial charge >= 0.3 is 5.63 Å². The Morgan fingerprint density at radius 3 is 2.59 bits per heavy atom. The molecule has 0 radical (unpaired) electrons. The van der Waals surface area contributed by atoms with Crippen LogP contribution in [0.5, 0.6) is 0 Å². The fourth-order valence-electron chi connectivity index (χ4n) is 1.64. The first-order valence-corrected chi connectivity index (χ1v) is 5.64. The van der Waals surface area contributed by atoms with Crippen molar-refractivity contribution >= 4 is 27.8 Å². The minimum Gasteiger partial charge on any atom is -0.422 e. The molecule has 0 unspecified atom stereocenters. The van der Waals surface area contributed by atoms with E-state index in [2.05, 4.69) is 13.8 Å². The van der Waals surface area contributed by atoms with E-state index in [1.807, 2.05) is 12.1 Å². The van der Waals surface area contributed by atoms with Gasteiger partial charge in [0.15, 0.2) is 0 Å². The normalized spacial score (nSPS) is 11.1. The van der Waals surface area contributed by atoms with Gasteiger partial charge in [-0.15, -0.1) is 0 Å². The van der Waals surface area contributed by atoms with Crippen LogP contribution >= 0.6 is 11.6 Å². The van der Waals surface area contributed by atoms with E-state index in [0.717, 1.165) is 5.56 Å². The lowest BCUT2D eigenvalue weighted by atomic mass is 10.0. The molecule has 3 nitrogen and oxygen atoms in total. The molecule has 0 aliphatic heterocycles. The van der Waals surface area contributed by atoms with Crippen LogP contribution in [0.2, 0.25) is 0 Å². The summed E-state index contributed by atoms with van der Waals surface area (Å²) in [5.41, 5.74) is 0.746. The van der Waals surface area contributed by atoms with E-state index in [-0.39, 0.29) is 5.56 Å². The molecule has 0 aliphatic rings. The predicted octanol–water partition coefficient (Wildman–Crippen LogP) is 3.30. The van der Waals surface area contributed by atoms with Crippen LogP contribution in [0.25, 0.3) is 11.0 Å². The Morgan fingerprint density at radius 1 is 1.29 bits per heavy atom. The van der Waals surface area contributed by atoms with Crippen LogP contribution in [0.4, 0.5) is 0 Å². The maximum atomic E-state index is 11.4. The number of fused-ring (bicyclic) bond motifs is 1. The average Bonchev–Trinajstić information content (AvgIpc) is 2.27. The summed E-state index contributed by atoms with van der Waals surface area (Å²) in [4.78, 5) is 22.5. The molecule has 0 fully saturated rings. The van der Waals surface area contributed by atoms with E-state index in [1.165, 1.54) is 6.07 Å². The molecule has 88 valence electrons. The highest BCUT2D eigenvalue weighted by Crippen LogP contribution is 2.21. The number of benzene rings is 1. The zero-order chi connectivity index (χ0) is 12.6. The Balaban J connectivity index is 2.72. The van der Waals surface area contributed by atoms with E-state index < -0.39 is 10.9 Å². The standard InChI is InChI=1S/C13H11ClO3/c1-7(2)8-3-4-11-9(5-8)6-10(12(14)15)13(16)17-11/h3-7H,1-2H3. The Kier molecular flexibility index (Phi) is 3.03. The highest BCUT2D eigenvalue weighted by molar-refractivity contribution is 6.67. The molecular weight excluding hydrogens is 240 g/mol. The minimum atomic E-state index is -0.796. The largest absolute Gasteiger partial charge is 0.422 e. The highest BCUT2D eigenvalue weighted by atomic mass is 35.5. The van der Waals surface area contributed by atoms with Gasteiger partial charge in [-0.25, -0.2) is 4.79 Å². The molecule has 1 heterocycles. The monoisotopic (exact) mass is 250 g/mol. The molecule has 0 saturated carbocycles. The van der Waals surface area contributed by atoms with Gasteiger partial charge in [0.05, 0.1) is 0 Å². The summed E-state index contributed by atoms with van der Waals surface area (Å²) in [7, 11) is 0. The zero-order valence-corrected chi connectivity index (χ0v) is 10.2. The van der Waals surface area contributed by atoms with E-state index in [1.54, 1.807) is 6.07 Å². The van der Waals surface area contributed by atoms with Crippen molar-refractivity contribution in [1.29, 1.82) is 0 Å². The van der Waals surface area contributed by atoms with Gasteiger partial charge in [-0.2, -0.15) is 0 Å². The van der Waals surface area contributed by atoms with Crippen molar-refractivity contribution in [3.05, 3.63) is 45.8 Å². The first-order chi connectivity index (χ1) is 7.99. The Hall–Kier alpha value is -1.61. The molecule has 2 rings (SSSR count). The van der Waals surface area contributed by atoms with Gasteiger partial charge in [0.25, 0.3) is 5.24 Å². The van der Waals surface area contributed by atoms with Crippen LogP contribution in [-0.2, 0) is 0 Å². The third-order valence-electron chi connectivity index (χ3n) is 2.63. The van der Waals surface area contributed by atoms with Crippen molar-refractivity contribution in [3.63, 3.8) is 0 Å². The predicted molar refractivity (Wildman–Crippen MR) is 66.8 cm³/mol. The molecule has 0 spiro atoms. The van der Waals surface area contributed by atoms with Crippen molar-refractivity contribution in [2.75, 3.05) is 0 Å². The number of hydrogen-bond acceptors (Lipinski definition) is 3. The van der Waals surface area contributed by atoms with Gasteiger partial charge in [0, 0.05) is 5.39 Å². The first kappa shape index (κ1) is 11.9. The van der Waals surface area contributed by atoms with E-state index in [0.29, 0.717) is 16.9 Å². The Bertz CT molecular complexity index is 641. The first-order valence-electron chi connectivity index (χ1n) is 5.26. The van der Waals surface area contributed by atoms with Crippen molar-refractivity contribution < 1.29 is 9.21 Å². The molecule has 4 heteroatoms. The summed E-state index contributed by atoms with van der Waals surface area (Å²) >= 11 is 5.31. The van der Waals surface area contributed by atoms with Crippen LogP contribution < -0.4 is 5.63 Å². The maximum Gasteiger partial charge on any atom is 0.348 e. The molecule has 0 aliphatic carbocycles. The number of carbonyl (C=O) groups excluding carboxylic acids is 1. The lowest BCUT2D eigenvalue weighted by Gasteiger charge is -2.06. The van der Waals surface area contributed by atoms with Crippen molar-refractivity contribution in [1.82, 2.24) is 0 Å². The fourth-order valence-corrected chi connectivity index (χ4v) is 1.77. The smallest absolute Gasteiger partial charge is 0.348 e. The van der Waals surface area contributed by atoms with Crippen LogP contribution in [0, 0.1) is 0 Å². The number of rotatable bonds is 2. The molecule has 0 amide bonds. The van der Waals surface area contributed by atoms with E-state index in [4.69, 9.17) is 16.0 Å². The highest BCUT2D eigenvalue weighted by Gasteiger charge is 2.11. The third-order valence-corrected chi connectivity index (χ3v) is 2.84. The number of hydrogen-bond donors (Lipinski definition) is 0.